The number of hydrogen-bond donors (Lipinski definition) is 1. The van der Waals surface area contributed by atoms with E-state index in [1.54, 1.807) is 11.0 Å². The van der Waals surface area contributed by atoms with Crippen LogP contribution in [-0.4, -0.2) is 33.6 Å². The highest BCUT2D eigenvalue weighted by molar-refractivity contribution is 6.05. The molecule has 0 bridgehead atoms. The maximum absolute atomic E-state index is 12.8. The summed E-state index contributed by atoms with van der Waals surface area (Å²) in [6.45, 7) is 0.358. The van der Waals surface area contributed by atoms with Crippen LogP contribution in [0.2, 0.25) is 0 Å². The molecule has 2 aliphatic heterocycles. The van der Waals surface area contributed by atoms with Gasteiger partial charge in [0.2, 0.25) is 11.8 Å². The second-order valence-corrected chi connectivity index (χ2v) is 7.57. The van der Waals surface area contributed by atoms with Crippen LogP contribution in [0, 0.1) is 0 Å². The largest absolute Gasteiger partial charge is 0.322 e. The highest BCUT2D eigenvalue weighted by atomic mass is 16.2. The molecule has 2 aliphatic rings. The molecule has 3 aromatic rings. The molecular weight excluding hydrogens is 378 g/mol. The van der Waals surface area contributed by atoms with Gasteiger partial charge in [0.1, 0.15) is 6.04 Å². The number of pyridine rings is 1. The molecule has 0 saturated carbocycles. The highest BCUT2D eigenvalue weighted by Gasteiger charge is 2.39. The van der Waals surface area contributed by atoms with Crippen molar-refractivity contribution >= 4 is 17.7 Å². The van der Waals surface area contributed by atoms with E-state index in [0.29, 0.717) is 18.5 Å². The predicted molar refractivity (Wildman–Crippen MR) is 111 cm³/mol. The first-order chi connectivity index (χ1) is 14.6. The molecule has 1 saturated heterocycles. The molecule has 5 rings (SSSR count). The second-order valence-electron chi connectivity index (χ2n) is 7.57. The van der Waals surface area contributed by atoms with Gasteiger partial charge in [-0.2, -0.15) is 0 Å². The Balaban J connectivity index is 1.39. The Bertz CT molecular complexity index is 1160. The molecule has 1 unspecified atom stereocenters. The van der Waals surface area contributed by atoms with Crippen molar-refractivity contribution in [1.82, 2.24) is 15.2 Å². The van der Waals surface area contributed by atoms with Crippen molar-refractivity contribution < 1.29 is 14.4 Å². The molecule has 6 nitrogen and oxygen atoms in total. The van der Waals surface area contributed by atoms with Crippen LogP contribution in [0.1, 0.15) is 28.8 Å². The van der Waals surface area contributed by atoms with E-state index in [9.17, 15) is 14.4 Å². The monoisotopic (exact) mass is 397 g/mol. The normalized spacial score (nSPS) is 18.3. The maximum Gasteiger partial charge on any atom is 0.255 e. The standard InChI is InChI=1S/C24H19N3O3/c28-22-11-10-21(23(29)26-22)27-14-18-12-16(6-8-19(18)24(27)30)20-9-7-17(13-25-20)15-4-2-1-3-5-15/h1-9,12-13,21H,10-11,14H2,(H,26,28,29). The van der Waals surface area contributed by atoms with Gasteiger partial charge in [-0.05, 0) is 35.7 Å². The van der Waals surface area contributed by atoms with Gasteiger partial charge in [-0.3, -0.25) is 24.7 Å². The maximum atomic E-state index is 12.8. The highest BCUT2D eigenvalue weighted by Crippen LogP contribution is 2.31. The lowest BCUT2D eigenvalue weighted by Crippen LogP contribution is -2.52. The second kappa shape index (κ2) is 7.22. The third-order valence-corrected chi connectivity index (χ3v) is 5.69. The predicted octanol–water partition coefficient (Wildman–Crippen LogP) is 3.18. The van der Waals surface area contributed by atoms with Crippen LogP contribution in [0.3, 0.4) is 0 Å². The van der Waals surface area contributed by atoms with Gasteiger partial charge in [0.25, 0.3) is 5.91 Å². The Morgan fingerprint density at radius 2 is 1.70 bits per heavy atom. The first kappa shape index (κ1) is 18.2. The average molecular weight is 397 g/mol. The molecule has 6 heteroatoms. The van der Waals surface area contributed by atoms with Crippen LogP contribution in [0.4, 0.5) is 0 Å². The summed E-state index contributed by atoms with van der Waals surface area (Å²) in [6, 6.07) is 19.1. The molecule has 0 radical (unpaired) electrons. The smallest absolute Gasteiger partial charge is 0.255 e. The fourth-order valence-electron chi connectivity index (χ4n) is 4.10. The van der Waals surface area contributed by atoms with E-state index >= 15 is 0 Å². The SMILES string of the molecule is O=C1CCC(N2Cc3cc(-c4ccc(-c5ccccc5)cn4)ccc3C2=O)C(=O)N1. The van der Waals surface area contributed by atoms with Crippen LogP contribution in [-0.2, 0) is 16.1 Å². The number of carbonyl (C=O) groups excluding carboxylic acids is 3. The minimum atomic E-state index is -0.602. The fraction of sp³-hybridized carbons (Fsp3) is 0.167. The van der Waals surface area contributed by atoms with Gasteiger partial charge in [0.15, 0.2) is 0 Å². The summed E-state index contributed by atoms with van der Waals surface area (Å²) < 4.78 is 0. The molecule has 1 fully saturated rings. The number of piperidine rings is 1. The summed E-state index contributed by atoms with van der Waals surface area (Å²) >= 11 is 0. The van der Waals surface area contributed by atoms with E-state index in [1.165, 1.54) is 0 Å². The van der Waals surface area contributed by atoms with Gasteiger partial charge in [0, 0.05) is 35.9 Å². The molecule has 3 heterocycles. The minimum Gasteiger partial charge on any atom is -0.322 e. The summed E-state index contributed by atoms with van der Waals surface area (Å²) in [5.41, 5.74) is 5.37. The molecule has 1 atom stereocenters. The van der Waals surface area contributed by atoms with Crippen LogP contribution < -0.4 is 5.32 Å². The van der Waals surface area contributed by atoms with Gasteiger partial charge in [0.05, 0.1) is 5.69 Å². The van der Waals surface area contributed by atoms with Crippen molar-refractivity contribution in [3.63, 3.8) is 0 Å². The number of imide groups is 1. The molecule has 148 valence electrons. The molecule has 2 aromatic carbocycles. The third kappa shape index (κ3) is 3.16. The number of fused-ring (bicyclic) bond motifs is 1. The van der Waals surface area contributed by atoms with E-state index in [0.717, 1.165) is 27.9 Å². The van der Waals surface area contributed by atoms with Crippen molar-refractivity contribution in [1.29, 1.82) is 0 Å². The molecule has 3 amide bonds. The Morgan fingerprint density at radius 3 is 2.43 bits per heavy atom. The van der Waals surface area contributed by atoms with E-state index in [1.807, 2.05) is 60.8 Å². The fourth-order valence-corrected chi connectivity index (χ4v) is 4.10. The van der Waals surface area contributed by atoms with Gasteiger partial charge < -0.3 is 4.90 Å². The Hall–Kier alpha value is -3.80. The summed E-state index contributed by atoms with van der Waals surface area (Å²) in [4.78, 5) is 42.6. The molecular formula is C24H19N3O3. The summed E-state index contributed by atoms with van der Waals surface area (Å²) in [5.74, 6) is -0.850. The van der Waals surface area contributed by atoms with Crippen molar-refractivity contribution in [3.05, 3.63) is 78.0 Å². The van der Waals surface area contributed by atoms with Crippen LogP contribution in [0.25, 0.3) is 22.4 Å². The number of benzene rings is 2. The first-order valence-electron chi connectivity index (χ1n) is 9.89. The molecule has 0 spiro atoms. The summed E-state index contributed by atoms with van der Waals surface area (Å²) in [5, 5.41) is 2.33. The minimum absolute atomic E-state index is 0.168. The topological polar surface area (TPSA) is 79.4 Å². The Kier molecular flexibility index (Phi) is 4.39. The Morgan fingerprint density at radius 1 is 0.900 bits per heavy atom. The lowest BCUT2D eigenvalue weighted by Gasteiger charge is -2.29. The number of carbonyl (C=O) groups is 3. The first-order valence-corrected chi connectivity index (χ1v) is 9.89. The molecule has 1 N–H and O–H groups in total. The van der Waals surface area contributed by atoms with Gasteiger partial charge in [-0.15, -0.1) is 0 Å². The quantitative estimate of drug-likeness (QED) is 0.689. The molecule has 30 heavy (non-hydrogen) atoms. The van der Waals surface area contributed by atoms with E-state index in [4.69, 9.17) is 0 Å². The number of nitrogens with zero attached hydrogens (tertiary/aromatic N) is 2. The van der Waals surface area contributed by atoms with Crippen LogP contribution in [0.5, 0.6) is 0 Å². The van der Waals surface area contributed by atoms with Gasteiger partial charge >= 0.3 is 0 Å². The number of nitrogens with one attached hydrogen (secondary N) is 1. The van der Waals surface area contributed by atoms with Crippen molar-refractivity contribution in [2.75, 3.05) is 0 Å². The number of hydrogen-bond acceptors (Lipinski definition) is 4. The van der Waals surface area contributed by atoms with Crippen LogP contribution in [0.15, 0.2) is 66.9 Å². The van der Waals surface area contributed by atoms with Crippen molar-refractivity contribution in [2.24, 2.45) is 0 Å². The number of aromatic nitrogens is 1. The lowest BCUT2D eigenvalue weighted by molar-refractivity contribution is -0.136. The zero-order valence-corrected chi connectivity index (χ0v) is 16.2. The van der Waals surface area contributed by atoms with Gasteiger partial charge in [-0.25, -0.2) is 0 Å². The lowest BCUT2D eigenvalue weighted by atomic mass is 10.0. The van der Waals surface area contributed by atoms with Gasteiger partial charge in [-0.1, -0.05) is 42.5 Å². The molecule has 0 aliphatic carbocycles. The summed E-state index contributed by atoms with van der Waals surface area (Å²) in [6.07, 6.45) is 2.46. The number of rotatable bonds is 3. The van der Waals surface area contributed by atoms with E-state index in [2.05, 4.69) is 10.3 Å². The summed E-state index contributed by atoms with van der Waals surface area (Å²) in [7, 11) is 0. The number of amides is 3. The zero-order chi connectivity index (χ0) is 20.7. The average Bonchev–Trinajstić information content (AvgIpc) is 3.10. The third-order valence-electron chi connectivity index (χ3n) is 5.69. The Labute approximate surface area is 173 Å². The van der Waals surface area contributed by atoms with E-state index in [-0.39, 0.29) is 18.2 Å². The zero-order valence-electron chi connectivity index (χ0n) is 16.2. The van der Waals surface area contributed by atoms with Crippen LogP contribution >= 0.6 is 0 Å². The van der Waals surface area contributed by atoms with Crippen molar-refractivity contribution in [3.8, 4) is 22.4 Å². The molecule has 1 aromatic heterocycles. The van der Waals surface area contributed by atoms with Crippen molar-refractivity contribution in [2.45, 2.75) is 25.4 Å². The van der Waals surface area contributed by atoms with E-state index < -0.39 is 11.9 Å².